The molecule has 1 fully saturated rings. The van der Waals surface area contributed by atoms with Crippen LogP contribution in [0.3, 0.4) is 0 Å². The topological polar surface area (TPSA) is 47.1 Å². The minimum atomic E-state index is 0.289. The summed E-state index contributed by atoms with van der Waals surface area (Å²) in [5, 5.41) is 0. The molecule has 0 saturated carbocycles. The van der Waals surface area contributed by atoms with Crippen LogP contribution in [0.5, 0.6) is 0 Å². The Morgan fingerprint density at radius 2 is 2.43 bits per heavy atom. The zero-order valence-corrected chi connectivity index (χ0v) is 8.85. The van der Waals surface area contributed by atoms with Crippen molar-refractivity contribution in [3.05, 3.63) is 12.4 Å². The molecule has 14 heavy (non-hydrogen) atoms. The quantitative estimate of drug-likeness (QED) is 0.758. The Hall–Kier alpha value is -1.03. The van der Waals surface area contributed by atoms with Crippen LogP contribution in [0.4, 0.5) is 5.95 Å². The second-order valence-electron chi connectivity index (χ2n) is 3.90. The predicted octanol–water partition coefficient (Wildman–Crippen LogP) is 0.829. The molecule has 4 nitrogen and oxygen atoms in total. The first kappa shape index (κ1) is 9.52. The van der Waals surface area contributed by atoms with Gasteiger partial charge in [-0.3, -0.25) is 0 Å². The minimum Gasteiger partial charge on any atom is -0.338 e. The number of nitrogens with zero attached hydrogens (tertiary/aromatic N) is 3. The van der Waals surface area contributed by atoms with Gasteiger partial charge in [0.2, 0.25) is 5.95 Å². The number of rotatable bonds is 2. The van der Waals surface area contributed by atoms with Gasteiger partial charge in [-0.2, -0.15) is 0 Å². The lowest BCUT2D eigenvalue weighted by molar-refractivity contribution is 0.607. The van der Waals surface area contributed by atoms with Gasteiger partial charge in [0.1, 0.15) is 0 Å². The molecule has 2 heterocycles. The lowest BCUT2D eigenvalue weighted by Gasteiger charge is -2.24. The molecule has 1 aliphatic heterocycles. The summed E-state index contributed by atoms with van der Waals surface area (Å²) >= 11 is 0. The third-order valence-electron chi connectivity index (χ3n) is 3.11. The molecular formula is C10H18N4. The summed E-state index contributed by atoms with van der Waals surface area (Å²) in [5.74, 6) is 1.06. The number of hydrogen-bond acceptors (Lipinski definition) is 3. The molecular weight excluding hydrogens is 176 g/mol. The summed E-state index contributed by atoms with van der Waals surface area (Å²) in [6.07, 6.45) is 4.94. The van der Waals surface area contributed by atoms with Gasteiger partial charge in [0.15, 0.2) is 0 Å². The van der Waals surface area contributed by atoms with Crippen LogP contribution in [-0.2, 0) is 6.54 Å². The largest absolute Gasteiger partial charge is 0.338 e. The van der Waals surface area contributed by atoms with Crippen LogP contribution in [0, 0.1) is 0 Å². The maximum atomic E-state index is 5.99. The standard InChI is InChI=1S/C10H18N4/c1-3-13-7-5-12-10(13)14-6-4-9(11)8(14)2/h5,7-9H,3-4,6,11H2,1-2H3. The van der Waals surface area contributed by atoms with E-state index < -0.39 is 0 Å². The molecule has 2 unspecified atom stereocenters. The van der Waals surface area contributed by atoms with E-state index in [1.54, 1.807) is 0 Å². The average molecular weight is 194 g/mol. The van der Waals surface area contributed by atoms with Crippen LogP contribution >= 0.6 is 0 Å². The Balaban J connectivity index is 2.23. The Morgan fingerprint density at radius 1 is 1.64 bits per heavy atom. The molecule has 2 atom stereocenters. The summed E-state index contributed by atoms with van der Waals surface area (Å²) in [6, 6.07) is 0.694. The maximum Gasteiger partial charge on any atom is 0.205 e. The van der Waals surface area contributed by atoms with Gasteiger partial charge in [-0.15, -0.1) is 0 Å². The summed E-state index contributed by atoms with van der Waals surface area (Å²) in [5.41, 5.74) is 5.99. The molecule has 1 saturated heterocycles. The van der Waals surface area contributed by atoms with E-state index in [9.17, 15) is 0 Å². The van der Waals surface area contributed by atoms with Crippen LogP contribution in [0.2, 0.25) is 0 Å². The summed E-state index contributed by atoms with van der Waals surface area (Å²) in [4.78, 5) is 6.69. The molecule has 1 aliphatic rings. The fraction of sp³-hybridized carbons (Fsp3) is 0.700. The first-order valence-corrected chi connectivity index (χ1v) is 5.27. The van der Waals surface area contributed by atoms with E-state index >= 15 is 0 Å². The van der Waals surface area contributed by atoms with Gasteiger partial charge >= 0.3 is 0 Å². The van der Waals surface area contributed by atoms with Crippen LogP contribution < -0.4 is 10.6 Å². The molecule has 0 aromatic carbocycles. The fourth-order valence-electron chi connectivity index (χ4n) is 2.05. The monoisotopic (exact) mass is 194 g/mol. The summed E-state index contributed by atoms with van der Waals surface area (Å²) in [7, 11) is 0. The second kappa shape index (κ2) is 3.61. The minimum absolute atomic E-state index is 0.289. The SMILES string of the molecule is CCn1ccnc1N1CCC(N)C1C. The van der Waals surface area contributed by atoms with Crippen molar-refractivity contribution in [1.82, 2.24) is 9.55 Å². The van der Waals surface area contributed by atoms with Gasteiger partial charge in [-0.25, -0.2) is 4.98 Å². The molecule has 2 rings (SSSR count). The molecule has 1 aromatic rings. The van der Waals surface area contributed by atoms with E-state index in [2.05, 4.69) is 28.3 Å². The molecule has 0 aliphatic carbocycles. The first-order valence-electron chi connectivity index (χ1n) is 5.27. The van der Waals surface area contributed by atoms with Gasteiger partial charge in [-0.1, -0.05) is 0 Å². The van der Waals surface area contributed by atoms with E-state index in [1.807, 2.05) is 12.4 Å². The van der Waals surface area contributed by atoms with Crippen molar-refractivity contribution in [3.63, 3.8) is 0 Å². The summed E-state index contributed by atoms with van der Waals surface area (Å²) in [6.45, 7) is 6.30. The smallest absolute Gasteiger partial charge is 0.205 e. The third-order valence-corrected chi connectivity index (χ3v) is 3.11. The lowest BCUT2D eigenvalue weighted by Crippen LogP contribution is -2.38. The fourth-order valence-corrected chi connectivity index (χ4v) is 2.05. The average Bonchev–Trinajstić information content (AvgIpc) is 2.75. The maximum absolute atomic E-state index is 5.99. The molecule has 0 bridgehead atoms. The van der Waals surface area contributed by atoms with Crippen LogP contribution in [-0.4, -0.2) is 28.2 Å². The highest BCUT2D eigenvalue weighted by Crippen LogP contribution is 2.22. The van der Waals surface area contributed by atoms with E-state index in [-0.39, 0.29) is 6.04 Å². The number of aromatic nitrogens is 2. The number of anilines is 1. The zero-order chi connectivity index (χ0) is 10.1. The Bertz CT molecular complexity index is 307. The van der Waals surface area contributed by atoms with Crippen LogP contribution in [0.15, 0.2) is 12.4 Å². The number of nitrogens with two attached hydrogens (primary N) is 1. The van der Waals surface area contributed by atoms with Crippen molar-refractivity contribution < 1.29 is 0 Å². The van der Waals surface area contributed by atoms with Gasteiger partial charge in [0, 0.05) is 37.6 Å². The third kappa shape index (κ3) is 1.39. The van der Waals surface area contributed by atoms with Crippen LogP contribution in [0.1, 0.15) is 20.3 Å². The normalized spacial score (nSPS) is 27.2. The predicted molar refractivity (Wildman–Crippen MR) is 57.3 cm³/mol. The van der Waals surface area contributed by atoms with Crippen molar-refractivity contribution in [2.45, 2.75) is 38.9 Å². The van der Waals surface area contributed by atoms with Crippen molar-refractivity contribution >= 4 is 5.95 Å². The molecule has 4 heteroatoms. The van der Waals surface area contributed by atoms with Crippen LogP contribution in [0.25, 0.3) is 0 Å². The van der Waals surface area contributed by atoms with Gasteiger partial charge in [0.05, 0.1) is 0 Å². The van der Waals surface area contributed by atoms with Gasteiger partial charge < -0.3 is 15.2 Å². The van der Waals surface area contributed by atoms with E-state index in [4.69, 9.17) is 5.73 Å². The molecule has 0 spiro atoms. The first-order chi connectivity index (χ1) is 6.74. The van der Waals surface area contributed by atoms with Gasteiger partial charge in [0.25, 0.3) is 0 Å². The molecule has 78 valence electrons. The van der Waals surface area contributed by atoms with E-state index in [0.29, 0.717) is 6.04 Å². The highest BCUT2D eigenvalue weighted by atomic mass is 15.3. The Kier molecular flexibility index (Phi) is 2.46. The van der Waals surface area contributed by atoms with E-state index in [1.165, 1.54) is 0 Å². The molecule has 0 radical (unpaired) electrons. The summed E-state index contributed by atoms with van der Waals surface area (Å²) < 4.78 is 2.16. The van der Waals surface area contributed by atoms with Crippen molar-refractivity contribution in [2.75, 3.05) is 11.4 Å². The Labute approximate surface area is 84.7 Å². The van der Waals surface area contributed by atoms with Crippen molar-refractivity contribution in [3.8, 4) is 0 Å². The van der Waals surface area contributed by atoms with E-state index in [0.717, 1.165) is 25.5 Å². The number of hydrogen-bond donors (Lipinski definition) is 1. The zero-order valence-electron chi connectivity index (χ0n) is 8.85. The lowest BCUT2D eigenvalue weighted by atomic mass is 10.2. The second-order valence-corrected chi connectivity index (χ2v) is 3.90. The number of imidazole rings is 1. The Morgan fingerprint density at radius 3 is 3.00 bits per heavy atom. The molecule has 1 aromatic heterocycles. The molecule has 0 amide bonds. The molecule has 2 N–H and O–H groups in total. The van der Waals surface area contributed by atoms with Crippen molar-refractivity contribution in [1.29, 1.82) is 0 Å². The van der Waals surface area contributed by atoms with Gasteiger partial charge in [-0.05, 0) is 20.3 Å². The highest BCUT2D eigenvalue weighted by molar-refractivity contribution is 5.35. The highest BCUT2D eigenvalue weighted by Gasteiger charge is 2.29. The number of aryl methyl sites for hydroxylation is 1. The van der Waals surface area contributed by atoms with Crippen molar-refractivity contribution in [2.24, 2.45) is 5.73 Å².